The van der Waals surface area contributed by atoms with Crippen molar-refractivity contribution in [3.63, 3.8) is 0 Å². The van der Waals surface area contributed by atoms with Crippen LogP contribution in [0.15, 0.2) is 54.9 Å². The van der Waals surface area contributed by atoms with Crippen LogP contribution in [0.2, 0.25) is 0 Å². The number of hydrogen-bond donors (Lipinski definition) is 1. The van der Waals surface area contributed by atoms with Gasteiger partial charge >= 0.3 is 5.97 Å². The van der Waals surface area contributed by atoms with Crippen LogP contribution in [0.1, 0.15) is 15.9 Å². The highest BCUT2D eigenvalue weighted by Crippen LogP contribution is 2.21. The first kappa shape index (κ1) is 17.5. The van der Waals surface area contributed by atoms with E-state index in [0.717, 1.165) is 0 Å². The molecular weight excluding hydrogens is 330 g/mol. The lowest BCUT2D eigenvalue weighted by atomic mass is 9.92. The van der Waals surface area contributed by atoms with E-state index in [1.54, 1.807) is 18.2 Å². The molecule has 0 spiro atoms. The molecule has 0 aliphatic rings. The number of rotatable bonds is 6. The van der Waals surface area contributed by atoms with Gasteiger partial charge in [0.15, 0.2) is 12.4 Å². The van der Waals surface area contributed by atoms with Crippen molar-refractivity contribution in [3.8, 4) is 11.4 Å². The van der Waals surface area contributed by atoms with Gasteiger partial charge in [-0.2, -0.15) is 5.10 Å². The fourth-order valence-electron chi connectivity index (χ4n) is 2.41. The van der Waals surface area contributed by atoms with Gasteiger partial charge in [0.1, 0.15) is 21.4 Å². The van der Waals surface area contributed by atoms with E-state index in [2.05, 4.69) is 5.10 Å². The Morgan fingerprint density at radius 2 is 1.92 bits per heavy atom. The number of ether oxygens (including phenoxy) is 1. The zero-order chi connectivity index (χ0) is 18.7. The lowest BCUT2D eigenvalue weighted by molar-refractivity contribution is -0.139. The van der Waals surface area contributed by atoms with Gasteiger partial charge in [-0.25, -0.2) is 9.48 Å². The van der Waals surface area contributed by atoms with Crippen LogP contribution in [-0.4, -0.2) is 48.9 Å². The van der Waals surface area contributed by atoms with Crippen molar-refractivity contribution < 1.29 is 19.4 Å². The van der Waals surface area contributed by atoms with Crippen LogP contribution in [-0.2, 0) is 4.79 Å². The fourth-order valence-corrected chi connectivity index (χ4v) is 2.41. The molecule has 0 fully saturated rings. The number of nitrogens with zero attached hydrogens (tertiary/aromatic N) is 2. The van der Waals surface area contributed by atoms with E-state index in [1.807, 2.05) is 6.07 Å². The Balaban J connectivity index is 1.94. The van der Waals surface area contributed by atoms with E-state index in [1.165, 1.54) is 35.3 Å². The van der Waals surface area contributed by atoms with Crippen LogP contribution in [0, 0.1) is 0 Å². The molecule has 0 aliphatic carbocycles. The Kier molecular flexibility index (Phi) is 4.93. The Labute approximate surface area is 152 Å². The molecule has 3 aromatic rings. The van der Waals surface area contributed by atoms with Crippen LogP contribution in [0.4, 0.5) is 0 Å². The Bertz CT molecular complexity index is 985. The summed E-state index contributed by atoms with van der Waals surface area (Å²) in [6.07, 6.45) is 2.94. The number of para-hydroxylation sites is 1. The number of carboxylic acids is 1. The number of carboxylic acid groups (broad SMARTS) is 1. The highest BCUT2D eigenvalue weighted by atomic mass is 16.5. The van der Waals surface area contributed by atoms with Gasteiger partial charge in [0.05, 0.1) is 23.0 Å². The highest BCUT2D eigenvalue weighted by molar-refractivity contribution is 6.34. The molecular formula is C18H12B2N2O4. The number of ketones is 1. The summed E-state index contributed by atoms with van der Waals surface area (Å²) in [6, 6.07) is 11.5. The molecule has 6 nitrogen and oxygen atoms in total. The maximum Gasteiger partial charge on any atom is 0.341 e. The van der Waals surface area contributed by atoms with Gasteiger partial charge in [0, 0.05) is 6.20 Å². The maximum absolute atomic E-state index is 12.8. The van der Waals surface area contributed by atoms with Crippen molar-refractivity contribution in [2.45, 2.75) is 0 Å². The fraction of sp³-hybridized carbons (Fsp3) is 0.0556. The zero-order valence-corrected chi connectivity index (χ0v) is 13.6. The highest BCUT2D eigenvalue weighted by Gasteiger charge is 2.18. The number of carbonyl (C=O) groups excluding carboxylic acids is 1. The molecule has 3 rings (SSSR count). The number of benzene rings is 2. The molecule has 0 aliphatic heterocycles. The molecule has 0 bridgehead atoms. The largest absolute Gasteiger partial charge is 0.481 e. The van der Waals surface area contributed by atoms with E-state index in [0.29, 0.717) is 22.2 Å². The summed E-state index contributed by atoms with van der Waals surface area (Å²) in [5.74, 6) is -1.40. The SMILES string of the molecule is [B]c1ccc(OCC(=O)O)c(C(=O)c2cnn(-c3ccccc3[B])c2)c1. The monoisotopic (exact) mass is 342 g/mol. The van der Waals surface area contributed by atoms with Crippen molar-refractivity contribution in [1.82, 2.24) is 9.78 Å². The second-order valence-corrected chi connectivity index (χ2v) is 5.50. The lowest BCUT2D eigenvalue weighted by Gasteiger charge is -2.10. The predicted octanol–water partition coefficient (Wildman–Crippen LogP) is 0.154. The minimum absolute atomic E-state index is 0.138. The maximum atomic E-state index is 12.8. The average molecular weight is 342 g/mol. The van der Waals surface area contributed by atoms with Gasteiger partial charge in [0.25, 0.3) is 0 Å². The van der Waals surface area contributed by atoms with Gasteiger partial charge in [-0.3, -0.25) is 4.79 Å². The van der Waals surface area contributed by atoms with Crippen molar-refractivity contribution in [2.24, 2.45) is 0 Å². The summed E-state index contributed by atoms with van der Waals surface area (Å²) in [7, 11) is 11.7. The molecule has 0 saturated heterocycles. The third-order valence-corrected chi connectivity index (χ3v) is 3.63. The number of carbonyl (C=O) groups is 2. The van der Waals surface area contributed by atoms with Gasteiger partial charge in [-0.1, -0.05) is 41.3 Å². The first-order valence-corrected chi connectivity index (χ1v) is 7.64. The molecule has 0 saturated carbocycles. The van der Waals surface area contributed by atoms with Gasteiger partial charge < -0.3 is 9.84 Å². The topological polar surface area (TPSA) is 81.4 Å². The molecule has 1 heterocycles. The normalized spacial score (nSPS) is 10.5. The van der Waals surface area contributed by atoms with Crippen molar-refractivity contribution in [2.75, 3.05) is 6.61 Å². The van der Waals surface area contributed by atoms with E-state index in [9.17, 15) is 9.59 Å². The molecule has 4 radical (unpaired) electrons. The molecule has 26 heavy (non-hydrogen) atoms. The second kappa shape index (κ2) is 7.31. The van der Waals surface area contributed by atoms with Gasteiger partial charge in [-0.15, -0.1) is 0 Å². The van der Waals surface area contributed by atoms with E-state index >= 15 is 0 Å². The van der Waals surface area contributed by atoms with Crippen molar-refractivity contribution >= 4 is 38.4 Å². The first-order valence-electron chi connectivity index (χ1n) is 7.64. The quantitative estimate of drug-likeness (QED) is 0.510. The van der Waals surface area contributed by atoms with Gasteiger partial charge in [0.2, 0.25) is 0 Å². The molecule has 0 amide bonds. The van der Waals surface area contributed by atoms with Crippen molar-refractivity contribution in [3.05, 3.63) is 66.0 Å². The molecule has 2 aromatic carbocycles. The summed E-state index contributed by atoms with van der Waals surface area (Å²) in [5, 5.41) is 12.9. The number of aromatic nitrogens is 2. The Morgan fingerprint density at radius 3 is 2.65 bits per heavy atom. The molecule has 0 unspecified atom stereocenters. The standard InChI is InChI=1S/C18H12B2N2O4/c19-12-5-6-16(26-10-17(23)24)13(7-12)18(25)11-8-21-22(9-11)15-4-2-1-3-14(15)20/h1-9H,10H2,(H,23,24). The Morgan fingerprint density at radius 1 is 1.15 bits per heavy atom. The summed E-state index contributed by atoms with van der Waals surface area (Å²) in [6.45, 7) is -0.565. The number of hydrogen-bond acceptors (Lipinski definition) is 4. The van der Waals surface area contributed by atoms with E-state index < -0.39 is 18.4 Å². The van der Waals surface area contributed by atoms with Crippen LogP contribution >= 0.6 is 0 Å². The minimum atomic E-state index is -1.15. The third-order valence-electron chi connectivity index (χ3n) is 3.63. The average Bonchev–Trinajstić information content (AvgIpc) is 3.10. The van der Waals surface area contributed by atoms with E-state index in [-0.39, 0.29) is 11.3 Å². The van der Waals surface area contributed by atoms with Crippen LogP contribution in [0.5, 0.6) is 5.75 Å². The summed E-state index contributed by atoms with van der Waals surface area (Å²) in [4.78, 5) is 23.5. The van der Waals surface area contributed by atoms with Crippen molar-refractivity contribution in [1.29, 1.82) is 0 Å². The molecule has 8 heteroatoms. The summed E-state index contributed by atoms with van der Waals surface area (Å²) >= 11 is 0. The molecule has 1 N–H and O–H groups in total. The van der Waals surface area contributed by atoms with E-state index in [4.69, 9.17) is 25.5 Å². The predicted molar refractivity (Wildman–Crippen MR) is 97.3 cm³/mol. The summed E-state index contributed by atoms with van der Waals surface area (Å²) in [5.41, 5.74) is 1.96. The van der Waals surface area contributed by atoms with Crippen LogP contribution < -0.4 is 15.7 Å². The third kappa shape index (κ3) is 3.69. The zero-order valence-electron chi connectivity index (χ0n) is 13.6. The second-order valence-electron chi connectivity index (χ2n) is 5.50. The lowest BCUT2D eigenvalue weighted by Crippen LogP contribution is -2.15. The molecule has 0 atom stereocenters. The number of aliphatic carboxylic acids is 1. The molecule has 1 aromatic heterocycles. The van der Waals surface area contributed by atoms with Crippen LogP contribution in [0.3, 0.4) is 0 Å². The van der Waals surface area contributed by atoms with Gasteiger partial charge in [-0.05, 0) is 12.1 Å². The Hall–Kier alpha value is -3.28. The smallest absolute Gasteiger partial charge is 0.341 e. The molecule has 124 valence electrons. The van der Waals surface area contributed by atoms with Crippen LogP contribution in [0.25, 0.3) is 5.69 Å². The summed E-state index contributed by atoms with van der Waals surface area (Å²) < 4.78 is 6.68. The first-order chi connectivity index (χ1) is 12.5. The minimum Gasteiger partial charge on any atom is -0.481 e.